The Kier molecular flexibility index (Phi) is 2.81. The molecule has 5 heteroatoms. The van der Waals surface area contributed by atoms with Crippen molar-refractivity contribution in [3.05, 3.63) is 0 Å². The molecule has 1 saturated carbocycles. The Morgan fingerprint density at radius 3 is 2.43 bits per heavy atom. The van der Waals surface area contributed by atoms with E-state index in [-0.39, 0.29) is 11.5 Å². The summed E-state index contributed by atoms with van der Waals surface area (Å²) in [6, 6.07) is 0.0372. The molecule has 0 heterocycles. The highest BCUT2D eigenvalue weighted by atomic mass is 19.3. The summed E-state index contributed by atoms with van der Waals surface area (Å²) in [4.78, 5) is 10.1. The van der Waals surface area contributed by atoms with Gasteiger partial charge in [0, 0.05) is 6.04 Å². The molecule has 1 aliphatic carbocycles. The zero-order chi connectivity index (χ0) is 11.0. The van der Waals surface area contributed by atoms with Crippen molar-refractivity contribution in [1.82, 2.24) is 5.32 Å². The van der Waals surface area contributed by atoms with Gasteiger partial charge in [0.2, 0.25) is 0 Å². The number of halogens is 2. The zero-order valence-corrected chi connectivity index (χ0v) is 8.31. The van der Waals surface area contributed by atoms with Crippen LogP contribution in [0.5, 0.6) is 0 Å². The van der Waals surface area contributed by atoms with E-state index in [0.29, 0.717) is 0 Å². The highest BCUT2D eigenvalue weighted by Gasteiger charge is 2.42. The molecule has 0 aliphatic heterocycles. The van der Waals surface area contributed by atoms with Crippen molar-refractivity contribution in [3.63, 3.8) is 0 Å². The smallest absolute Gasteiger partial charge is 0.375 e. The van der Waals surface area contributed by atoms with Crippen molar-refractivity contribution in [2.75, 3.05) is 6.54 Å². The summed E-state index contributed by atoms with van der Waals surface area (Å²) in [5, 5.41) is 10.7. The molecule has 0 aromatic rings. The summed E-state index contributed by atoms with van der Waals surface area (Å²) >= 11 is 0. The maximum absolute atomic E-state index is 12.6. The monoisotopic (exact) mass is 207 g/mol. The molecule has 0 unspecified atom stereocenters. The average molecular weight is 207 g/mol. The second-order valence-corrected chi connectivity index (χ2v) is 4.66. The van der Waals surface area contributed by atoms with Gasteiger partial charge in [-0.25, -0.2) is 4.79 Å². The molecule has 0 bridgehead atoms. The zero-order valence-electron chi connectivity index (χ0n) is 8.31. The van der Waals surface area contributed by atoms with Crippen LogP contribution in [0.2, 0.25) is 0 Å². The van der Waals surface area contributed by atoms with Gasteiger partial charge in [0.05, 0.1) is 6.54 Å². The van der Waals surface area contributed by atoms with Gasteiger partial charge in [0.1, 0.15) is 0 Å². The van der Waals surface area contributed by atoms with Crippen LogP contribution in [-0.4, -0.2) is 29.6 Å². The first kappa shape index (κ1) is 11.4. The molecule has 3 nitrogen and oxygen atoms in total. The van der Waals surface area contributed by atoms with Crippen LogP contribution in [-0.2, 0) is 4.79 Å². The van der Waals surface area contributed by atoms with Crippen molar-refractivity contribution in [2.45, 2.75) is 38.7 Å². The second kappa shape index (κ2) is 3.46. The van der Waals surface area contributed by atoms with Crippen LogP contribution < -0.4 is 5.32 Å². The van der Waals surface area contributed by atoms with Gasteiger partial charge < -0.3 is 10.4 Å². The first-order valence-corrected chi connectivity index (χ1v) is 4.58. The highest BCUT2D eigenvalue weighted by molar-refractivity contribution is 5.75. The molecule has 0 aromatic heterocycles. The Labute approximate surface area is 81.5 Å². The Bertz CT molecular complexity index is 233. The van der Waals surface area contributed by atoms with E-state index in [4.69, 9.17) is 5.11 Å². The molecule has 1 aliphatic rings. The molecule has 82 valence electrons. The van der Waals surface area contributed by atoms with E-state index in [1.807, 2.05) is 0 Å². The van der Waals surface area contributed by atoms with Crippen molar-refractivity contribution in [3.8, 4) is 0 Å². The van der Waals surface area contributed by atoms with E-state index >= 15 is 0 Å². The largest absolute Gasteiger partial charge is 0.477 e. The molecule has 1 fully saturated rings. The van der Waals surface area contributed by atoms with E-state index in [2.05, 4.69) is 19.2 Å². The fourth-order valence-corrected chi connectivity index (χ4v) is 1.77. The minimum Gasteiger partial charge on any atom is -0.477 e. The van der Waals surface area contributed by atoms with Gasteiger partial charge in [-0.15, -0.1) is 0 Å². The molecule has 1 rings (SSSR count). The summed E-state index contributed by atoms with van der Waals surface area (Å²) in [5.41, 5.74) is 0.205. The summed E-state index contributed by atoms with van der Waals surface area (Å²) in [5.74, 6) is -5.72. The van der Waals surface area contributed by atoms with Gasteiger partial charge in [-0.3, -0.25) is 0 Å². The molecular formula is C9H15F2NO2. The molecule has 0 atom stereocenters. The van der Waals surface area contributed by atoms with Crippen molar-refractivity contribution < 1.29 is 18.7 Å². The standard InChI is InChI=1S/C9H15F2NO2/c1-8(2)3-6(4-8)12-5-9(10,11)7(13)14/h6,12H,3-5H2,1-2H3,(H,13,14). The maximum atomic E-state index is 12.6. The third-order valence-corrected chi connectivity index (χ3v) is 2.52. The van der Waals surface area contributed by atoms with E-state index in [1.165, 1.54) is 0 Å². The maximum Gasteiger partial charge on any atom is 0.375 e. The van der Waals surface area contributed by atoms with Crippen molar-refractivity contribution in [2.24, 2.45) is 5.41 Å². The first-order valence-electron chi connectivity index (χ1n) is 4.58. The molecule has 0 spiro atoms. The van der Waals surface area contributed by atoms with Crippen LogP contribution in [0.3, 0.4) is 0 Å². The van der Waals surface area contributed by atoms with E-state index in [9.17, 15) is 13.6 Å². The number of aliphatic carboxylic acids is 1. The van der Waals surface area contributed by atoms with E-state index in [1.54, 1.807) is 0 Å². The van der Waals surface area contributed by atoms with Crippen LogP contribution >= 0.6 is 0 Å². The highest BCUT2D eigenvalue weighted by Crippen LogP contribution is 2.39. The third kappa shape index (κ3) is 2.64. The van der Waals surface area contributed by atoms with Crippen molar-refractivity contribution >= 4 is 5.97 Å². The lowest BCUT2D eigenvalue weighted by Crippen LogP contribution is -2.51. The fourth-order valence-electron chi connectivity index (χ4n) is 1.77. The van der Waals surface area contributed by atoms with Gasteiger partial charge in [-0.2, -0.15) is 8.78 Å². The summed E-state index contributed by atoms with van der Waals surface area (Å²) in [6.45, 7) is 3.34. The number of hydrogen-bond acceptors (Lipinski definition) is 2. The van der Waals surface area contributed by atoms with Gasteiger partial charge in [0.25, 0.3) is 0 Å². The fraction of sp³-hybridized carbons (Fsp3) is 0.889. The van der Waals surface area contributed by atoms with Crippen LogP contribution in [0.15, 0.2) is 0 Å². The number of rotatable bonds is 4. The topological polar surface area (TPSA) is 49.3 Å². The summed E-state index contributed by atoms with van der Waals surface area (Å²) in [6.07, 6.45) is 1.64. The van der Waals surface area contributed by atoms with Gasteiger partial charge >= 0.3 is 11.9 Å². The Morgan fingerprint density at radius 2 is 2.07 bits per heavy atom. The molecule has 0 saturated heterocycles. The molecule has 14 heavy (non-hydrogen) atoms. The molecule has 0 aromatic carbocycles. The second-order valence-electron chi connectivity index (χ2n) is 4.66. The minimum atomic E-state index is -3.65. The predicted octanol–water partition coefficient (Wildman–Crippen LogP) is 1.48. The Hall–Kier alpha value is -0.710. The van der Waals surface area contributed by atoms with E-state index in [0.717, 1.165) is 12.8 Å². The number of carbonyl (C=O) groups is 1. The predicted molar refractivity (Wildman–Crippen MR) is 47.4 cm³/mol. The van der Waals surface area contributed by atoms with Crippen LogP contribution in [0.1, 0.15) is 26.7 Å². The van der Waals surface area contributed by atoms with Gasteiger partial charge in [-0.05, 0) is 18.3 Å². The van der Waals surface area contributed by atoms with Crippen molar-refractivity contribution in [1.29, 1.82) is 0 Å². The quantitative estimate of drug-likeness (QED) is 0.734. The Morgan fingerprint density at radius 1 is 1.57 bits per heavy atom. The lowest BCUT2D eigenvalue weighted by Gasteiger charge is -2.43. The van der Waals surface area contributed by atoms with Crippen LogP contribution in [0.25, 0.3) is 0 Å². The first-order chi connectivity index (χ1) is 6.23. The summed E-state index contributed by atoms with van der Waals surface area (Å²) in [7, 11) is 0. The van der Waals surface area contributed by atoms with Crippen LogP contribution in [0, 0.1) is 5.41 Å². The van der Waals surface area contributed by atoms with Gasteiger partial charge in [-0.1, -0.05) is 13.8 Å². The molecular weight excluding hydrogens is 192 g/mol. The average Bonchev–Trinajstić information content (AvgIpc) is 1.96. The lowest BCUT2D eigenvalue weighted by molar-refractivity contribution is -0.164. The number of nitrogens with one attached hydrogen (secondary N) is 1. The SMILES string of the molecule is CC1(C)CC(NCC(F)(F)C(=O)O)C1. The lowest BCUT2D eigenvalue weighted by atomic mass is 9.68. The number of alkyl halides is 2. The van der Waals surface area contributed by atoms with Gasteiger partial charge in [0.15, 0.2) is 0 Å². The molecule has 0 radical (unpaired) electrons. The van der Waals surface area contributed by atoms with E-state index < -0.39 is 18.4 Å². The number of carboxylic acid groups (broad SMARTS) is 1. The Balaban J connectivity index is 2.26. The normalized spacial score (nSPS) is 21.7. The number of carboxylic acids is 1. The minimum absolute atomic E-state index is 0.0372. The number of hydrogen-bond donors (Lipinski definition) is 2. The third-order valence-electron chi connectivity index (χ3n) is 2.52. The molecule has 0 amide bonds. The van der Waals surface area contributed by atoms with Crippen LogP contribution in [0.4, 0.5) is 8.78 Å². The summed E-state index contributed by atoms with van der Waals surface area (Å²) < 4.78 is 25.2. The molecule has 2 N–H and O–H groups in total.